The Hall–Kier alpha value is -3.65. The van der Waals surface area contributed by atoms with Crippen LogP contribution in [-0.2, 0) is 0 Å². The minimum Gasteiger partial charge on any atom is -0.354 e. The number of hydrogen-bond donors (Lipinski definition) is 2. The maximum Gasteiger partial charge on any atom is 0.257 e. The lowest BCUT2D eigenvalue weighted by atomic mass is 10.1. The van der Waals surface area contributed by atoms with Crippen LogP contribution in [0, 0.1) is 25.2 Å². The summed E-state index contributed by atoms with van der Waals surface area (Å²) in [5.74, 6) is -0.213. The van der Waals surface area contributed by atoms with Crippen molar-refractivity contribution in [2.45, 2.75) is 13.8 Å². The molecule has 0 radical (unpaired) electrons. The van der Waals surface area contributed by atoms with E-state index in [1.165, 1.54) is 6.20 Å². The van der Waals surface area contributed by atoms with Gasteiger partial charge in [0.25, 0.3) is 5.91 Å². The van der Waals surface area contributed by atoms with Gasteiger partial charge in [0.1, 0.15) is 0 Å². The summed E-state index contributed by atoms with van der Waals surface area (Å²) < 4.78 is 0. The highest BCUT2D eigenvalue weighted by Crippen LogP contribution is 2.20. The molecule has 2 N–H and O–H groups in total. The van der Waals surface area contributed by atoms with Gasteiger partial charge in [-0.05, 0) is 61.4 Å². The van der Waals surface area contributed by atoms with Crippen molar-refractivity contribution < 1.29 is 4.79 Å². The second-order valence-corrected chi connectivity index (χ2v) is 6.05. The molecule has 0 saturated heterocycles. The minimum atomic E-state index is -0.213. The average molecular weight is 342 g/mol. The molecule has 1 aromatic heterocycles. The average Bonchev–Trinajstić information content (AvgIpc) is 2.65. The number of hydrogen-bond acceptors (Lipinski definition) is 4. The first-order valence-corrected chi connectivity index (χ1v) is 8.16. The van der Waals surface area contributed by atoms with Crippen molar-refractivity contribution in [1.29, 1.82) is 5.26 Å². The van der Waals surface area contributed by atoms with Gasteiger partial charge in [-0.1, -0.05) is 12.1 Å². The zero-order valence-corrected chi connectivity index (χ0v) is 14.6. The second-order valence-electron chi connectivity index (χ2n) is 6.05. The molecular weight excluding hydrogens is 324 g/mol. The number of anilines is 3. The van der Waals surface area contributed by atoms with E-state index < -0.39 is 0 Å². The number of nitrogens with zero attached hydrogens (tertiary/aromatic N) is 2. The first-order chi connectivity index (χ1) is 12.5. The number of aryl methyl sites for hydroxylation is 2. The molecule has 2 aromatic carbocycles. The third-order valence-corrected chi connectivity index (χ3v) is 3.94. The molecule has 0 aliphatic rings. The highest BCUT2D eigenvalue weighted by Gasteiger charge is 2.09. The summed E-state index contributed by atoms with van der Waals surface area (Å²) in [5.41, 5.74) is 5.45. The van der Waals surface area contributed by atoms with Crippen molar-refractivity contribution >= 4 is 23.0 Å². The van der Waals surface area contributed by atoms with Crippen molar-refractivity contribution in [2.24, 2.45) is 0 Å². The number of nitrogens with one attached hydrogen (secondary N) is 2. The number of aromatic nitrogens is 1. The molecule has 0 fully saturated rings. The van der Waals surface area contributed by atoms with Crippen molar-refractivity contribution in [1.82, 2.24) is 4.98 Å². The molecule has 0 unspecified atom stereocenters. The molecule has 0 spiro atoms. The number of nitriles is 1. The molecular formula is C21H18N4O. The standard InChI is InChI=1S/C21H18N4O/c1-14-3-4-15(2)20(9-14)25-21(26)17-10-19(13-23-12-17)24-18-7-5-16(11-22)6-8-18/h3-10,12-13,24H,1-2H3,(H,25,26). The number of pyridine rings is 1. The van der Waals surface area contributed by atoms with E-state index >= 15 is 0 Å². The highest BCUT2D eigenvalue weighted by atomic mass is 16.1. The molecule has 3 aromatic rings. The SMILES string of the molecule is Cc1ccc(C)c(NC(=O)c2cncc(Nc3ccc(C#N)cc3)c2)c1. The fourth-order valence-electron chi connectivity index (χ4n) is 2.49. The molecule has 1 amide bonds. The Balaban J connectivity index is 1.76. The van der Waals surface area contributed by atoms with Gasteiger partial charge in [-0.3, -0.25) is 9.78 Å². The molecule has 26 heavy (non-hydrogen) atoms. The summed E-state index contributed by atoms with van der Waals surface area (Å²) in [7, 11) is 0. The predicted molar refractivity (Wildman–Crippen MR) is 103 cm³/mol. The van der Waals surface area contributed by atoms with Crippen LogP contribution in [0.25, 0.3) is 0 Å². The Labute approximate surface area is 152 Å². The van der Waals surface area contributed by atoms with E-state index in [-0.39, 0.29) is 5.91 Å². The Bertz CT molecular complexity index is 988. The smallest absolute Gasteiger partial charge is 0.257 e. The van der Waals surface area contributed by atoms with Gasteiger partial charge in [0, 0.05) is 17.6 Å². The van der Waals surface area contributed by atoms with Gasteiger partial charge >= 0.3 is 0 Å². The Morgan fingerprint density at radius 3 is 2.50 bits per heavy atom. The summed E-state index contributed by atoms with van der Waals surface area (Å²) in [4.78, 5) is 16.7. The summed E-state index contributed by atoms with van der Waals surface area (Å²) in [6.45, 7) is 3.94. The van der Waals surface area contributed by atoms with Gasteiger partial charge in [0.15, 0.2) is 0 Å². The van der Waals surface area contributed by atoms with Crippen LogP contribution in [0.1, 0.15) is 27.0 Å². The Morgan fingerprint density at radius 1 is 1.00 bits per heavy atom. The Kier molecular flexibility index (Phi) is 4.95. The largest absolute Gasteiger partial charge is 0.354 e. The van der Waals surface area contributed by atoms with Crippen LogP contribution in [-0.4, -0.2) is 10.9 Å². The lowest BCUT2D eigenvalue weighted by Gasteiger charge is -2.11. The maximum atomic E-state index is 12.6. The van der Waals surface area contributed by atoms with Gasteiger partial charge in [-0.2, -0.15) is 5.26 Å². The summed E-state index contributed by atoms with van der Waals surface area (Å²) in [6, 6.07) is 16.8. The second kappa shape index (κ2) is 7.49. The van der Waals surface area contributed by atoms with Crippen molar-refractivity contribution in [3.05, 3.63) is 83.2 Å². The van der Waals surface area contributed by atoms with Gasteiger partial charge in [-0.15, -0.1) is 0 Å². The lowest BCUT2D eigenvalue weighted by molar-refractivity contribution is 0.102. The monoisotopic (exact) mass is 342 g/mol. The van der Waals surface area contributed by atoms with Crippen LogP contribution in [0.5, 0.6) is 0 Å². The maximum absolute atomic E-state index is 12.6. The molecule has 0 aliphatic heterocycles. The van der Waals surface area contributed by atoms with Crippen molar-refractivity contribution in [2.75, 3.05) is 10.6 Å². The highest BCUT2D eigenvalue weighted by molar-refractivity contribution is 6.05. The minimum absolute atomic E-state index is 0.213. The number of rotatable bonds is 4. The van der Waals surface area contributed by atoms with Crippen LogP contribution in [0.15, 0.2) is 60.9 Å². The van der Waals surface area contributed by atoms with Gasteiger partial charge in [0.2, 0.25) is 0 Å². The molecule has 0 aliphatic carbocycles. The first-order valence-electron chi connectivity index (χ1n) is 8.16. The molecule has 5 nitrogen and oxygen atoms in total. The van der Waals surface area contributed by atoms with E-state index in [0.717, 1.165) is 22.5 Å². The predicted octanol–water partition coefficient (Wildman–Crippen LogP) is 4.57. The van der Waals surface area contributed by atoms with Crippen LogP contribution in [0.4, 0.5) is 17.1 Å². The number of benzene rings is 2. The zero-order valence-electron chi connectivity index (χ0n) is 14.6. The summed E-state index contributed by atoms with van der Waals surface area (Å²) in [5, 5.41) is 15.0. The zero-order chi connectivity index (χ0) is 18.5. The number of carbonyl (C=O) groups excluding carboxylic acids is 1. The van der Waals surface area contributed by atoms with Crippen molar-refractivity contribution in [3.8, 4) is 6.07 Å². The lowest BCUT2D eigenvalue weighted by Crippen LogP contribution is -2.13. The molecule has 128 valence electrons. The quantitative estimate of drug-likeness (QED) is 0.728. The van der Waals surface area contributed by atoms with Crippen LogP contribution < -0.4 is 10.6 Å². The van der Waals surface area contributed by atoms with Gasteiger partial charge < -0.3 is 10.6 Å². The van der Waals surface area contributed by atoms with Crippen LogP contribution >= 0.6 is 0 Å². The van der Waals surface area contributed by atoms with E-state index in [1.807, 2.05) is 32.0 Å². The molecule has 0 bridgehead atoms. The third kappa shape index (κ3) is 4.05. The topological polar surface area (TPSA) is 77.8 Å². The van der Waals surface area contributed by atoms with Crippen LogP contribution in [0.3, 0.4) is 0 Å². The Morgan fingerprint density at radius 2 is 1.77 bits per heavy atom. The third-order valence-electron chi connectivity index (χ3n) is 3.94. The molecule has 0 atom stereocenters. The molecule has 1 heterocycles. The van der Waals surface area contributed by atoms with Crippen molar-refractivity contribution in [3.63, 3.8) is 0 Å². The van der Waals surface area contributed by atoms with E-state index in [1.54, 1.807) is 36.5 Å². The van der Waals surface area contributed by atoms with E-state index in [4.69, 9.17) is 5.26 Å². The normalized spacial score (nSPS) is 10.0. The van der Waals surface area contributed by atoms with Gasteiger partial charge in [0.05, 0.1) is 29.1 Å². The fraction of sp³-hybridized carbons (Fsp3) is 0.0952. The van der Waals surface area contributed by atoms with E-state index in [0.29, 0.717) is 16.8 Å². The molecule has 5 heteroatoms. The number of amides is 1. The van der Waals surface area contributed by atoms with E-state index in [9.17, 15) is 4.79 Å². The summed E-state index contributed by atoms with van der Waals surface area (Å²) in [6.07, 6.45) is 3.18. The van der Waals surface area contributed by atoms with Crippen LogP contribution in [0.2, 0.25) is 0 Å². The van der Waals surface area contributed by atoms with E-state index in [2.05, 4.69) is 21.7 Å². The first kappa shape index (κ1) is 17.2. The molecule has 3 rings (SSSR count). The molecule has 0 saturated carbocycles. The fourth-order valence-corrected chi connectivity index (χ4v) is 2.49. The summed E-state index contributed by atoms with van der Waals surface area (Å²) >= 11 is 0. The van der Waals surface area contributed by atoms with Gasteiger partial charge in [-0.25, -0.2) is 0 Å². The number of carbonyl (C=O) groups is 1.